The number of amides is 2. The van der Waals surface area contributed by atoms with E-state index in [1.165, 1.54) is 12.3 Å². The summed E-state index contributed by atoms with van der Waals surface area (Å²) >= 11 is 10.8. The minimum Gasteiger partial charge on any atom is -0.462 e. The Labute approximate surface area is 131 Å². The fourth-order valence-corrected chi connectivity index (χ4v) is 1.66. The molecule has 0 unspecified atom stereocenters. The molecule has 1 fully saturated rings. The van der Waals surface area contributed by atoms with Crippen LogP contribution in [0.15, 0.2) is 12.3 Å². The Kier molecular flexibility index (Phi) is 6.39. The van der Waals surface area contributed by atoms with Crippen molar-refractivity contribution in [3.05, 3.63) is 22.8 Å². The van der Waals surface area contributed by atoms with E-state index in [9.17, 15) is 14.4 Å². The van der Waals surface area contributed by atoms with Crippen molar-refractivity contribution in [2.75, 3.05) is 12.3 Å². The molecule has 0 atom stereocenters. The molecule has 2 amide bonds. The Balaban J connectivity index is 0.000000235. The van der Waals surface area contributed by atoms with Crippen LogP contribution in [0.25, 0.3) is 0 Å². The Bertz CT molecular complexity index is 549. The predicted octanol–water partition coefficient (Wildman–Crippen LogP) is 1.78. The maximum atomic E-state index is 11.1. The van der Waals surface area contributed by atoms with Gasteiger partial charge in [0.05, 0.1) is 17.2 Å². The number of nitrogens with two attached hydrogens (primary N) is 1. The zero-order valence-electron chi connectivity index (χ0n) is 11.1. The molecule has 21 heavy (non-hydrogen) atoms. The second kappa shape index (κ2) is 7.80. The molecule has 2 N–H and O–H groups in total. The van der Waals surface area contributed by atoms with Crippen LogP contribution < -0.4 is 5.73 Å². The van der Waals surface area contributed by atoms with Crippen LogP contribution in [0.5, 0.6) is 0 Å². The zero-order chi connectivity index (χ0) is 16.0. The third-order valence-corrected chi connectivity index (χ3v) is 3.05. The molecule has 7 nitrogen and oxygen atoms in total. The molecule has 0 radical (unpaired) electrons. The van der Waals surface area contributed by atoms with E-state index in [1.807, 2.05) is 0 Å². The number of pyridine rings is 1. The summed E-state index contributed by atoms with van der Waals surface area (Å²) < 4.78 is 5.38. The number of ether oxygens (including phenoxy) is 1. The number of anilines is 1. The van der Waals surface area contributed by atoms with Crippen LogP contribution >= 0.6 is 23.4 Å². The van der Waals surface area contributed by atoms with E-state index >= 15 is 0 Å². The minimum absolute atomic E-state index is 0.203. The highest BCUT2D eigenvalue weighted by Gasteiger charge is 2.26. The fraction of sp³-hybridized carbons (Fsp3) is 0.333. The second-order valence-electron chi connectivity index (χ2n) is 3.88. The number of carbonyl (C=O) groups is 3. The van der Waals surface area contributed by atoms with Gasteiger partial charge in [0.25, 0.3) is 0 Å². The van der Waals surface area contributed by atoms with E-state index in [1.54, 1.807) is 6.92 Å². The van der Waals surface area contributed by atoms with E-state index in [0.29, 0.717) is 16.6 Å². The normalized spacial score (nSPS) is 13.8. The molecule has 1 aromatic heterocycles. The molecule has 0 aliphatic carbocycles. The standard InChI is InChI=1S/C8H9ClN2O2.C4H4ClNO2/c1-2-13-8(12)5-3-6(9)7(10)11-4-5;5-6-3(7)1-2-4(6)8/h3-4H,2H2,1H3,(H2,10,11);1-2H2. The van der Waals surface area contributed by atoms with Gasteiger partial charge in [-0.05, 0) is 13.0 Å². The third-order valence-electron chi connectivity index (χ3n) is 2.37. The second-order valence-corrected chi connectivity index (χ2v) is 4.63. The highest BCUT2D eigenvalue weighted by atomic mass is 35.5. The molecular weight excluding hydrogens is 321 g/mol. The average molecular weight is 334 g/mol. The highest BCUT2D eigenvalue weighted by Crippen LogP contribution is 2.17. The van der Waals surface area contributed by atoms with Crippen molar-refractivity contribution in [3.8, 4) is 0 Å². The predicted molar refractivity (Wildman–Crippen MR) is 76.6 cm³/mol. The molecule has 0 saturated carbocycles. The van der Waals surface area contributed by atoms with Crippen molar-refractivity contribution in [1.82, 2.24) is 9.40 Å². The highest BCUT2D eigenvalue weighted by molar-refractivity contribution is 6.33. The molecule has 1 aromatic rings. The van der Waals surface area contributed by atoms with Gasteiger partial charge < -0.3 is 10.5 Å². The molecule has 1 aliphatic rings. The van der Waals surface area contributed by atoms with Crippen LogP contribution in [0.1, 0.15) is 30.1 Å². The molecule has 0 bridgehead atoms. The lowest BCUT2D eigenvalue weighted by Crippen LogP contribution is -2.16. The van der Waals surface area contributed by atoms with Gasteiger partial charge in [0, 0.05) is 30.8 Å². The quantitative estimate of drug-likeness (QED) is 0.502. The molecule has 0 aromatic carbocycles. The molecule has 1 saturated heterocycles. The summed E-state index contributed by atoms with van der Waals surface area (Å²) in [6.45, 7) is 2.05. The number of imide groups is 1. The number of hydrogen-bond acceptors (Lipinski definition) is 6. The summed E-state index contributed by atoms with van der Waals surface area (Å²) in [5.74, 6) is -0.833. The molecule has 2 rings (SSSR count). The Morgan fingerprint density at radius 1 is 1.43 bits per heavy atom. The Morgan fingerprint density at radius 2 is 2.00 bits per heavy atom. The largest absolute Gasteiger partial charge is 0.462 e. The maximum Gasteiger partial charge on any atom is 0.339 e. The van der Waals surface area contributed by atoms with Crippen LogP contribution in [0.4, 0.5) is 5.82 Å². The molecule has 1 aliphatic heterocycles. The van der Waals surface area contributed by atoms with Crippen molar-refractivity contribution in [1.29, 1.82) is 0 Å². The van der Waals surface area contributed by atoms with Gasteiger partial charge in [-0.3, -0.25) is 9.59 Å². The topological polar surface area (TPSA) is 103 Å². The summed E-state index contributed by atoms with van der Waals surface area (Å²) in [5.41, 5.74) is 5.67. The van der Waals surface area contributed by atoms with E-state index < -0.39 is 5.97 Å². The van der Waals surface area contributed by atoms with Gasteiger partial charge in [-0.1, -0.05) is 11.6 Å². The van der Waals surface area contributed by atoms with Crippen molar-refractivity contribution in [2.45, 2.75) is 19.8 Å². The molecular formula is C12H13Cl2N3O4. The summed E-state index contributed by atoms with van der Waals surface area (Å²) in [7, 11) is 0. The van der Waals surface area contributed by atoms with Crippen LogP contribution in [0, 0.1) is 0 Å². The number of carbonyl (C=O) groups excluding carboxylic acids is 3. The summed E-state index contributed by atoms with van der Waals surface area (Å²) in [5, 5.41) is 0.255. The van der Waals surface area contributed by atoms with Gasteiger partial charge in [0.1, 0.15) is 5.82 Å². The number of aromatic nitrogens is 1. The first-order chi connectivity index (χ1) is 9.86. The molecule has 9 heteroatoms. The van der Waals surface area contributed by atoms with Crippen molar-refractivity contribution >= 4 is 47.0 Å². The number of nitrogens with zero attached hydrogens (tertiary/aromatic N) is 2. The smallest absolute Gasteiger partial charge is 0.339 e. The van der Waals surface area contributed by atoms with Crippen LogP contribution in [0.3, 0.4) is 0 Å². The van der Waals surface area contributed by atoms with Crippen LogP contribution in [-0.4, -0.2) is 33.8 Å². The summed E-state index contributed by atoms with van der Waals surface area (Å²) in [6.07, 6.45) is 1.86. The van der Waals surface area contributed by atoms with E-state index in [2.05, 4.69) is 4.98 Å². The SMILES string of the molecule is CCOC(=O)c1cnc(N)c(Cl)c1.O=C1CCC(=O)N1Cl. The number of esters is 1. The number of hydrogen-bond donors (Lipinski definition) is 1. The van der Waals surface area contributed by atoms with Gasteiger partial charge in [-0.15, -0.1) is 0 Å². The first kappa shape index (κ1) is 17.2. The van der Waals surface area contributed by atoms with E-state index in [-0.39, 0.29) is 35.5 Å². The van der Waals surface area contributed by atoms with Crippen LogP contribution in [0.2, 0.25) is 5.02 Å². The Morgan fingerprint density at radius 3 is 2.38 bits per heavy atom. The first-order valence-corrected chi connectivity index (χ1v) is 6.68. The van der Waals surface area contributed by atoms with E-state index in [4.69, 9.17) is 33.8 Å². The lowest BCUT2D eigenvalue weighted by Gasteiger charge is -2.02. The summed E-state index contributed by atoms with van der Waals surface area (Å²) in [6, 6.07) is 1.43. The maximum absolute atomic E-state index is 11.1. The number of halogens is 2. The van der Waals surface area contributed by atoms with Gasteiger partial charge in [0.15, 0.2) is 0 Å². The fourth-order valence-electron chi connectivity index (χ4n) is 1.32. The summed E-state index contributed by atoms with van der Waals surface area (Å²) in [4.78, 5) is 35.6. The molecule has 2 heterocycles. The lowest BCUT2D eigenvalue weighted by atomic mass is 10.3. The number of rotatable bonds is 2. The lowest BCUT2D eigenvalue weighted by molar-refractivity contribution is -0.132. The third kappa shape index (κ3) is 4.87. The van der Waals surface area contributed by atoms with Gasteiger partial charge >= 0.3 is 5.97 Å². The zero-order valence-corrected chi connectivity index (χ0v) is 12.6. The first-order valence-electron chi connectivity index (χ1n) is 5.96. The molecule has 114 valence electrons. The van der Waals surface area contributed by atoms with Crippen molar-refractivity contribution in [3.63, 3.8) is 0 Å². The monoisotopic (exact) mass is 333 g/mol. The average Bonchev–Trinajstić information content (AvgIpc) is 2.74. The Hall–Kier alpha value is -1.86. The van der Waals surface area contributed by atoms with Gasteiger partial charge in [-0.2, -0.15) is 4.42 Å². The number of nitrogen functional groups attached to an aromatic ring is 1. The van der Waals surface area contributed by atoms with Crippen molar-refractivity contribution < 1.29 is 19.1 Å². The minimum atomic E-state index is -0.447. The molecule has 0 spiro atoms. The van der Waals surface area contributed by atoms with Gasteiger partial charge in [0.2, 0.25) is 11.8 Å². The van der Waals surface area contributed by atoms with Gasteiger partial charge in [-0.25, -0.2) is 9.78 Å². The van der Waals surface area contributed by atoms with Crippen molar-refractivity contribution in [2.24, 2.45) is 0 Å². The van der Waals surface area contributed by atoms with Crippen LogP contribution in [-0.2, 0) is 14.3 Å². The van der Waals surface area contributed by atoms with E-state index in [0.717, 1.165) is 0 Å².